The molecular formula is C17H25N3O3. The topological polar surface area (TPSA) is 78.5 Å². The summed E-state index contributed by atoms with van der Waals surface area (Å²) in [7, 11) is 0. The van der Waals surface area contributed by atoms with Crippen LogP contribution in [-0.2, 0) is 20.8 Å². The van der Waals surface area contributed by atoms with E-state index >= 15 is 0 Å². The Hall–Kier alpha value is -2.37. The van der Waals surface area contributed by atoms with Gasteiger partial charge >= 0.3 is 0 Å². The highest BCUT2D eigenvalue weighted by molar-refractivity contribution is 5.85. The van der Waals surface area contributed by atoms with Gasteiger partial charge in [-0.25, -0.2) is 0 Å². The van der Waals surface area contributed by atoms with Crippen molar-refractivity contribution in [1.29, 1.82) is 0 Å². The first kappa shape index (κ1) is 18.7. The first-order valence-corrected chi connectivity index (χ1v) is 7.91. The van der Waals surface area contributed by atoms with E-state index in [9.17, 15) is 14.4 Å². The van der Waals surface area contributed by atoms with Gasteiger partial charge < -0.3 is 15.5 Å². The normalized spacial score (nSPS) is 10.0. The van der Waals surface area contributed by atoms with Crippen molar-refractivity contribution in [3.63, 3.8) is 0 Å². The van der Waals surface area contributed by atoms with Gasteiger partial charge in [0.2, 0.25) is 17.7 Å². The molecule has 0 aromatic heterocycles. The van der Waals surface area contributed by atoms with E-state index in [0.717, 1.165) is 5.56 Å². The van der Waals surface area contributed by atoms with Gasteiger partial charge in [0.05, 0.1) is 13.0 Å². The van der Waals surface area contributed by atoms with Crippen molar-refractivity contribution in [2.24, 2.45) is 0 Å². The average molecular weight is 319 g/mol. The Balaban J connectivity index is 2.31. The highest BCUT2D eigenvalue weighted by Crippen LogP contribution is 1.99. The van der Waals surface area contributed by atoms with Crippen LogP contribution in [0.1, 0.15) is 25.8 Å². The summed E-state index contributed by atoms with van der Waals surface area (Å²) in [6.45, 7) is 5.00. The molecule has 6 nitrogen and oxygen atoms in total. The van der Waals surface area contributed by atoms with Crippen molar-refractivity contribution in [2.75, 3.05) is 26.2 Å². The summed E-state index contributed by atoms with van der Waals surface area (Å²) in [5.41, 5.74) is 0.933. The molecule has 0 heterocycles. The van der Waals surface area contributed by atoms with E-state index in [0.29, 0.717) is 19.5 Å². The van der Waals surface area contributed by atoms with Crippen LogP contribution < -0.4 is 10.6 Å². The van der Waals surface area contributed by atoms with E-state index in [1.165, 1.54) is 4.90 Å². The summed E-state index contributed by atoms with van der Waals surface area (Å²) >= 11 is 0. The van der Waals surface area contributed by atoms with Crippen molar-refractivity contribution >= 4 is 17.7 Å². The van der Waals surface area contributed by atoms with Crippen LogP contribution in [0, 0.1) is 0 Å². The van der Waals surface area contributed by atoms with Crippen molar-refractivity contribution in [1.82, 2.24) is 15.5 Å². The summed E-state index contributed by atoms with van der Waals surface area (Å²) in [6.07, 6.45) is 0.485. The Bertz CT molecular complexity index is 517. The molecule has 6 heteroatoms. The van der Waals surface area contributed by atoms with Crippen molar-refractivity contribution in [3.8, 4) is 0 Å². The molecule has 0 aliphatic rings. The van der Waals surface area contributed by atoms with Gasteiger partial charge in [0.25, 0.3) is 0 Å². The molecule has 0 fully saturated rings. The molecule has 0 unspecified atom stereocenters. The zero-order chi connectivity index (χ0) is 17.1. The highest BCUT2D eigenvalue weighted by atomic mass is 16.2. The maximum absolute atomic E-state index is 12.0. The lowest BCUT2D eigenvalue weighted by Crippen LogP contribution is -2.41. The molecule has 0 spiro atoms. The Morgan fingerprint density at radius 2 is 1.70 bits per heavy atom. The minimum absolute atomic E-state index is 0.0567. The van der Waals surface area contributed by atoms with Crippen LogP contribution >= 0.6 is 0 Å². The summed E-state index contributed by atoms with van der Waals surface area (Å²) in [6, 6.07) is 9.43. The number of nitrogens with one attached hydrogen (secondary N) is 2. The molecule has 1 aromatic rings. The molecular weight excluding hydrogens is 294 g/mol. The van der Waals surface area contributed by atoms with Crippen LogP contribution in [0.5, 0.6) is 0 Å². The van der Waals surface area contributed by atoms with Crippen molar-refractivity contribution < 1.29 is 14.4 Å². The highest BCUT2D eigenvalue weighted by Gasteiger charge is 2.15. The lowest BCUT2D eigenvalue weighted by molar-refractivity contribution is -0.135. The second kappa shape index (κ2) is 10.4. The Morgan fingerprint density at radius 3 is 2.30 bits per heavy atom. The minimum Gasteiger partial charge on any atom is -0.355 e. The molecule has 2 N–H and O–H groups in total. The second-order valence-corrected chi connectivity index (χ2v) is 5.12. The van der Waals surface area contributed by atoms with E-state index < -0.39 is 0 Å². The van der Waals surface area contributed by atoms with Gasteiger partial charge in [-0.1, -0.05) is 30.3 Å². The number of hydrogen-bond donors (Lipinski definition) is 2. The van der Waals surface area contributed by atoms with E-state index in [1.54, 1.807) is 0 Å². The minimum atomic E-state index is -0.171. The number of nitrogens with zero attached hydrogens (tertiary/aromatic N) is 1. The first-order chi connectivity index (χ1) is 11.1. The van der Waals surface area contributed by atoms with E-state index in [1.807, 2.05) is 44.2 Å². The molecule has 0 atom stereocenters. The van der Waals surface area contributed by atoms with Crippen LogP contribution in [0.4, 0.5) is 0 Å². The Labute approximate surface area is 137 Å². The molecule has 0 saturated carbocycles. The fourth-order valence-corrected chi connectivity index (χ4v) is 2.11. The van der Waals surface area contributed by atoms with E-state index in [2.05, 4.69) is 10.6 Å². The lowest BCUT2D eigenvalue weighted by Gasteiger charge is -2.20. The first-order valence-electron chi connectivity index (χ1n) is 7.91. The van der Waals surface area contributed by atoms with Gasteiger partial charge in [0.15, 0.2) is 0 Å². The molecule has 1 rings (SSSR count). The standard InChI is InChI=1S/C17H25N3O3/c1-3-18-16(22)13-20(4-2)17(23)10-11-19-15(21)12-14-8-6-5-7-9-14/h5-9H,3-4,10-13H2,1-2H3,(H,18,22)(H,19,21). The smallest absolute Gasteiger partial charge is 0.239 e. The van der Waals surface area contributed by atoms with Gasteiger partial charge in [0, 0.05) is 26.1 Å². The zero-order valence-corrected chi connectivity index (χ0v) is 13.8. The fourth-order valence-electron chi connectivity index (χ4n) is 2.11. The quantitative estimate of drug-likeness (QED) is 0.704. The number of hydrogen-bond acceptors (Lipinski definition) is 3. The molecule has 126 valence electrons. The summed E-state index contributed by atoms with van der Waals surface area (Å²) in [5, 5.41) is 5.40. The number of benzene rings is 1. The maximum Gasteiger partial charge on any atom is 0.239 e. The van der Waals surface area contributed by atoms with E-state index in [4.69, 9.17) is 0 Å². The van der Waals surface area contributed by atoms with E-state index in [-0.39, 0.29) is 37.2 Å². The van der Waals surface area contributed by atoms with Crippen LogP contribution in [-0.4, -0.2) is 48.8 Å². The second-order valence-electron chi connectivity index (χ2n) is 5.12. The third-order valence-corrected chi connectivity index (χ3v) is 3.31. The summed E-state index contributed by atoms with van der Waals surface area (Å²) in [5.74, 6) is -0.426. The number of rotatable bonds is 9. The molecule has 23 heavy (non-hydrogen) atoms. The summed E-state index contributed by atoms with van der Waals surface area (Å²) < 4.78 is 0. The SMILES string of the molecule is CCNC(=O)CN(CC)C(=O)CCNC(=O)Cc1ccccc1. The number of carbonyl (C=O) groups excluding carboxylic acids is 3. The lowest BCUT2D eigenvalue weighted by atomic mass is 10.1. The van der Waals surface area contributed by atoms with Crippen LogP contribution in [0.2, 0.25) is 0 Å². The largest absolute Gasteiger partial charge is 0.355 e. The molecule has 0 radical (unpaired) electrons. The third-order valence-electron chi connectivity index (χ3n) is 3.31. The predicted molar refractivity (Wildman–Crippen MR) is 88.7 cm³/mol. The zero-order valence-electron chi connectivity index (χ0n) is 13.8. The van der Waals surface area contributed by atoms with Crippen molar-refractivity contribution in [3.05, 3.63) is 35.9 Å². The third kappa shape index (κ3) is 7.44. The molecule has 0 aliphatic carbocycles. The molecule has 0 aliphatic heterocycles. The van der Waals surface area contributed by atoms with Crippen LogP contribution in [0.25, 0.3) is 0 Å². The monoisotopic (exact) mass is 319 g/mol. The van der Waals surface area contributed by atoms with Gasteiger partial charge in [-0.05, 0) is 19.4 Å². The molecule has 3 amide bonds. The Morgan fingerprint density at radius 1 is 1.00 bits per heavy atom. The summed E-state index contributed by atoms with van der Waals surface area (Å²) in [4.78, 5) is 36.9. The fraction of sp³-hybridized carbons (Fsp3) is 0.471. The van der Waals surface area contributed by atoms with Gasteiger partial charge in [0.1, 0.15) is 0 Å². The number of amides is 3. The molecule has 0 bridgehead atoms. The van der Waals surface area contributed by atoms with Crippen LogP contribution in [0.15, 0.2) is 30.3 Å². The number of carbonyl (C=O) groups is 3. The van der Waals surface area contributed by atoms with Gasteiger partial charge in [-0.2, -0.15) is 0 Å². The number of likely N-dealkylation sites (N-methyl/N-ethyl adjacent to an activating group) is 2. The average Bonchev–Trinajstić information content (AvgIpc) is 2.53. The molecule has 1 aromatic carbocycles. The maximum atomic E-state index is 12.0. The Kier molecular flexibility index (Phi) is 8.42. The molecule has 0 saturated heterocycles. The van der Waals surface area contributed by atoms with Gasteiger partial charge in [-0.3, -0.25) is 14.4 Å². The van der Waals surface area contributed by atoms with Crippen LogP contribution in [0.3, 0.4) is 0 Å². The van der Waals surface area contributed by atoms with Crippen molar-refractivity contribution in [2.45, 2.75) is 26.7 Å². The predicted octanol–water partition coefficient (Wildman–Crippen LogP) is 0.720. The van der Waals surface area contributed by atoms with Gasteiger partial charge in [-0.15, -0.1) is 0 Å².